The molecule has 1 aliphatic carbocycles. The van der Waals surface area contributed by atoms with Crippen LogP contribution >= 0.6 is 11.6 Å². The van der Waals surface area contributed by atoms with Crippen molar-refractivity contribution in [1.29, 1.82) is 0 Å². The molecule has 2 heterocycles. The fourth-order valence-electron chi connectivity index (χ4n) is 4.53. The number of aromatic nitrogens is 2. The second-order valence-electron chi connectivity index (χ2n) is 7.34. The molecule has 0 unspecified atom stereocenters. The lowest BCUT2D eigenvalue weighted by Gasteiger charge is -2.24. The Labute approximate surface area is 163 Å². The van der Waals surface area contributed by atoms with E-state index in [1.54, 1.807) is 27.8 Å². The van der Waals surface area contributed by atoms with E-state index < -0.39 is 6.04 Å². The van der Waals surface area contributed by atoms with E-state index in [0.29, 0.717) is 23.2 Å². The van der Waals surface area contributed by atoms with E-state index in [1.807, 2.05) is 19.1 Å². The first-order valence-electron chi connectivity index (χ1n) is 9.21. The summed E-state index contributed by atoms with van der Waals surface area (Å²) in [6.07, 6.45) is 3.12. The monoisotopic (exact) mass is 387 g/mol. The van der Waals surface area contributed by atoms with Crippen molar-refractivity contribution in [3.63, 3.8) is 0 Å². The maximum atomic E-state index is 13.2. The highest BCUT2D eigenvalue weighted by molar-refractivity contribution is 6.30. The lowest BCUT2D eigenvalue weighted by atomic mass is 9.94. The zero-order valence-electron chi connectivity index (χ0n) is 15.4. The number of nitrogens with zero attached hydrogens (tertiary/aromatic N) is 3. The summed E-state index contributed by atoms with van der Waals surface area (Å²) in [6.45, 7) is 2.48. The molecular weight excluding hydrogens is 366 g/mol. The van der Waals surface area contributed by atoms with Gasteiger partial charge in [0.25, 0.3) is 5.91 Å². The quantitative estimate of drug-likeness (QED) is 0.758. The highest BCUT2D eigenvalue weighted by Crippen LogP contribution is 2.43. The van der Waals surface area contributed by atoms with Crippen molar-refractivity contribution in [3.05, 3.63) is 46.7 Å². The number of hydrogen-bond acceptors (Lipinski definition) is 4. The number of carbonyl (C=O) groups is 2. The largest absolute Gasteiger partial charge is 0.467 e. The molecule has 0 N–H and O–H groups in total. The summed E-state index contributed by atoms with van der Waals surface area (Å²) >= 11 is 6.08. The molecule has 1 aromatic heterocycles. The first-order valence-corrected chi connectivity index (χ1v) is 9.59. The van der Waals surface area contributed by atoms with Crippen LogP contribution in [0.4, 0.5) is 0 Å². The maximum absolute atomic E-state index is 13.2. The molecule has 4 rings (SSSR count). The molecule has 142 valence electrons. The molecule has 7 heteroatoms. The van der Waals surface area contributed by atoms with E-state index in [1.165, 1.54) is 7.11 Å². The molecule has 6 nitrogen and oxygen atoms in total. The van der Waals surface area contributed by atoms with E-state index in [-0.39, 0.29) is 17.8 Å². The van der Waals surface area contributed by atoms with E-state index in [0.717, 1.165) is 30.6 Å². The minimum atomic E-state index is -0.508. The number of ether oxygens (including phenoxy) is 1. The fraction of sp³-hybridized carbons (Fsp3) is 0.450. The van der Waals surface area contributed by atoms with E-state index in [4.69, 9.17) is 16.3 Å². The van der Waals surface area contributed by atoms with Gasteiger partial charge >= 0.3 is 5.97 Å². The molecule has 2 aromatic rings. The van der Waals surface area contributed by atoms with Gasteiger partial charge in [0.2, 0.25) is 0 Å². The van der Waals surface area contributed by atoms with Crippen molar-refractivity contribution in [1.82, 2.24) is 14.7 Å². The van der Waals surface area contributed by atoms with Gasteiger partial charge in [-0.3, -0.25) is 4.79 Å². The van der Waals surface area contributed by atoms with E-state index in [9.17, 15) is 9.59 Å². The number of esters is 1. The first kappa shape index (κ1) is 18.0. The summed E-state index contributed by atoms with van der Waals surface area (Å²) in [5, 5.41) is 5.10. The van der Waals surface area contributed by atoms with Crippen molar-refractivity contribution in [2.75, 3.05) is 13.7 Å². The average molecular weight is 388 g/mol. The van der Waals surface area contributed by atoms with Crippen LogP contribution in [0.3, 0.4) is 0 Å². The van der Waals surface area contributed by atoms with Crippen molar-refractivity contribution in [2.45, 2.75) is 32.2 Å². The van der Waals surface area contributed by atoms with Crippen LogP contribution in [0.1, 0.15) is 35.4 Å². The van der Waals surface area contributed by atoms with E-state index in [2.05, 4.69) is 5.10 Å². The summed E-state index contributed by atoms with van der Waals surface area (Å²) in [5.41, 5.74) is 1.96. The van der Waals surface area contributed by atoms with Crippen LogP contribution in [-0.2, 0) is 9.53 Å². The number of amides is 1. The second kappa shape index (κ2) is 7.00. The van der Waals surface area contributed by atoms with Crippen LogP contribution in [-0.4, -0.2) is 46.3 Å². The van der Waals surface area contributed by atoms with Crippen molar-refractivity contribution in [3.8, 4) is 5.69 Å². The normalized spacial score (nSPS) is 24.1. The maximum Gasteiger partial charge on any atom is 0.328 e. The number of halogens is 1. The van der Waals surface area contributed by atoms with Crippen LogP contribution in [0.15, 0.2) is 30.3 Å². The van der Waals surface area contributed by atoms with Gasteiger partial charge in [-0.05, 0) is 55.9 Å². The molecule has 2 fully saturated rings. The Morgan fingerprint density at radius 3 is 2.81 bits per heavy atom. The summed E-state index contributed by atoms with van der Waals surface area (Å²) in [4.78, 5) is 27.2. The molecule has 1 aromatic carbocycles. The average Bonchev–Trinajstić information content (AvgIpc) is 3.34. The first-order chi connectivity index (χ1) is 13.0. The van der Waals surface area contributed by atoms with Gasteiger partial charge in [-0.1, -0.05) is 24.1 Å². The number of hydrogen-bond donors (Lipinski definition) is 0. The lowest BCUT2D eigenvalue weighted by Crippen LogP contribution is -2.44. The van der Waals surface area contributed by atoms with Gasteiger partial charge in [-0.25, -0.2) is 9.48 Å². The summed E-state index contributed by atoms with van der Waals surface area (Å²) < 4.78 is 6.69. The number of likely N-dealkylation sites (tertiary alicyclic amines) is 1. The Bertz CT molecular complexity index is 894. The predicted molar refractivity (Wildman–Crippen MR) is 101 cm³/mol. The Balaban J connectivity index is 1.65. The van der Waals surface area contributed by atoms with E-state index >= 15 is 0 Å². The van der Waals surface area contributed by atoms with Gasteiger partial charge in [0.1, 0.15) is 6.04 Å². The van der Waals surface area contributed by atoms with Gasteiger partial charge in [-0.15, -0.1) is 0 Å². The predicted octanol–water partition coefficient (Wildman–Crippen LogP) is 3.25. The number of methoxy groups -OCH3 is 1. The van der Waals surface area contributed by atoms with Crippen LogP contribution in [0, 0.1) is 18.8 Å². The third-order valence-corrected chi connectivity index (χ3v) is 5.99. The van der Waals surface area contributed by atoms with Gasteiger partial charge in [0.15, 0.2) is 5.69 Å². The van der Waals surface area contributed by atoms with Crippen LogP contribution < -0.4 is 0 Å². The molecule has 1 amide bonds. The summed E-state index contributed by atoms with van der Waals surface area (Å²) in [5.74, 6) is 0.0131. The van der Waals surface area contributed by atoms with Gasteiger partial charge in [0, 0.05) is 17.3 Å². The van der Waals surface area contributed by atoms with Crippen molar-refractivity contribution < 1.29 is 14.3 Å². The molecular formula is C20H22ClN3O3. The van der Waals surface area contributed by atoms with Gasteiger partial charge in [-0.2, -0.15) is 5.10 Å². The van der Waals surface area contributed by atoms with Crippen molar-refractivity contribution >= 4 is 23.5 Å². The minimum Gasteiger partial charge on any atom is -0.467 e. The number of aryl methyl sites for hydroxylation is 1. The molecule has 1 saturated heterocycles. The topological polar surface area (TPSA) is 64.4 Å². The molecule has 0 spiro atoms. The lowest BCUT2D eigenvalue weighted by molar-refractivity contribution is -0.146. The molecule has 1 aliphatic heterocycles. The Kier molecular flexibility index (Phi) is 4.68. The zero-order valence-corrected chi connectivity index (χ0v) is 16.1. The Hall–Kier alpha value is -2.34. The second-order valence-corrected chi connectivity index (χ2v) is 7.78. The van der Waals surface area contributed by atoms with Crippen molar-refractivity contribution in [2.24, 2.45) is 11.8 Å². The minimum absolute atomic E-state index is 0.192. The molecule has 0 bridgehead atoms. The fourth-order valence-corrected chi connectivity index (χ4v) is 4.72. The summed E-state index contributed by atoms with van der Waals surface area (Å²) in [6, 6.07) is 8.57. The molecule has 0 radical (unpaired) electrons. The molecule has 27 heavy (non-hydrogen) atoms. The van der Waals surface area contributed by atoms with Crippen LogP contribution in [0.5, 0.6) is 0 Å². The highest BCUT2D eigenvalue weighted by atomic mass is 35.5. The summed E-state index contributed by atoms with van der Waals surface area (Å²) in [7, 11) is 1.38. The SMILES string of the molecule is COC(=O)[C@@H]1[C@@H]2CCC[C@@H]2CN1C(=O)c1cc(C)n(-c2cccc(Cl)c2)n1. The third kappa shape index (κ3) is 3.12. The highest BCUT2D eigenvalue weighted by Gasteiger charge is 2.50. The number of fused-ring (bicyclic) bond motifs is 1. The molecule has 1 saturated carbocycles. The number of carbonyl (C=O) groups excluding carboxylic acids is 2. The van der Waals surface area contributed by atoms with Gasteiger partial charge in [0.05, 0.1) is 12.8 Å². The van der Waals surface area contributed by atoms with Crippen LogP contribution in [0.2, 0.25) is 5.02 Å². The number of rotatable bonds is 3. The van der Waals surface area contributed by atoms with Gasteiger partial charge < -0.3 is 9.64 Å². The number of benzene rings is 1. The standard InChI is InChI=1S/C20H22ClN3O3/c1-12-9-17(22-24(12)15-7-4-6-14(21)10-15)19(25)23-11-13-5-3-8-16(13)18(23)20(26)27-2/h4,6-7,9-10,13,16,18H,3,5,8,11H2,1-2H3/t13-,16-,18+/m1/s1. The molecule has 2 aliphatic rings. The molecule has 3 atom stereocenters. The third-order valence-electron chi connectivity index (χ3n) is 5.75. The Morgan fingerprint density at radius 1 is 1.26 bits per heavy atom. The smallest absolute Gasteiger partial charge is 0.328 e. The Morgan fingerprint density at radius 2 is 2.07 bits per heavy atom. The zero-order chi connectivity index (χ0) is 19.1. The van der Waals surface area contributed by atoms with Crippen LogP contribution in [0.25, 0.3) is 5.69 Å².